The number of ether oxygens (including phenoxy) is 1. The molecule has 0 atom stereocenters. The van der Waals surface area contributed by atoms with E-state index in [1.54, 1.807) is 13.2 Å². The number of hydrogen-bond acceptors (Lipinski definition) is 2. The normalized spacial score (nSPS) is 10.2. The van der Waals surface area contributed by atoms with Crippen LogP contribution in [0.5, 0.6) is 5.75 Å². The molecule has 1 rings (SSSR count). The SMILES string of the molecule is COc1ccc(/C=C/C(=O)[Se])cc1. The van der Waals surface area contributed by atoms with Gasteiger partial charge in [-0.05, 0) is 0 Å². The van der Waals surface area contributed by atoms with Gasteiger partial charge in [0.2, 0.25) is 0 Å². The fourth-order valence-electron chi connectivity index (χ4n) is 0.879. The first-order valence-electron chi connectivity index (χ1n) is 3.75. The molecule has 0 bridgehead atoms. The standard InChI is InChI=1S/C10H9O2Se/c1-12-9-5-2-8(3-6-9)4-7-10(11)13/h2-7H,1H3/b7-4+. The molecule has 1 radical (unpaired) electrons. The maximum atomic E-state index is 10.6. The molecule has 1 aromatic carbocycles. The molecule has 2 nitrogen and oxygen atoms in total. The molecule has 0 aliphatic heterocycles. The molecule has 0 unspecified atom stereocenters. The molecule has 1 aromatic rings. The third-order valence-electron chi connectivity index (χ3n) is 1.53. The second-order valence-electron chi connectivity index (χ2n) is 2.43. The monoisotopic (exact) mass is 241 g/mol. The molecule has 0 N–H and O–H groups in total. The van der Waals surface area contributed by atoms with Crippen LogP contribution >= 0.6 is 0 Å². The van der Waals surface area contributed by atoms with Crippen LogP contribution in [0.25, 0.3) is 6.08 Å². The van der Waals surface area contributed by atoms with E-state index in [4.69, 9.17) is 4.74 Å². The fourth-order valence-corrected chi connectivity index (χ4v) is 1.02. The summed E-state index contributed by atoms with van der Waals surface area (Å²) in [6.07, 6.45) is 3.24. The van der Waals surface area contributed by atoms with Crippen LogP contribution in [-0.4, -0.2) is 27.8 Å². The van der Waals surface area contributed by atoms with Gasteiger partial charge in [-0.1, -0.05) is 0 Å². The quantitative estimate of drug-likeness (QED) is 0.589. The minimum atomic E-state index is -0.0733. The van der Waals surface area contributed by atoms with Crippen LogP contribution in [0, 0.1) is 0 Å². The number of methoxy groups -OCH3 is 1. The van der Waals surface area contributed by atoms with Crippen molar-refractivity contribution in [1.29, 1.82) is 0 Å². The van der Waals surface area contributed by atoms with Crippen molar-refractivity contribution >= 4 is 26.8 Å². The van der Waals surface area contributed by atoms with Gasteiger partial charge >= 0.3 is 85.1 Å². The van der Waals surface area contributed by atoms with Gasteiger partial charge in [-0.25, -0.2) is 0 Å². The summed E-state index contributed by atoms with van der Waals surface area (Å²) >= 11 is 2.38. The molecule has 0 saturated heterocycles. The number of hydrogen-bond donors (Lipinski definition) is 0. The van der Waals surface area contributed by atoms with Gasteiger partial charge in [-0.3, -0.25) is 0 Å². The topological polar surface area (TPSA) is 26.3 Å². The summed E-state index contributed by atoms with van der Waals surface area (Å²) in [5.41, 5.74) is 0.976. The maximum absolute atomic E-state index is 10.6. The summed E-state index contributed by atoms with van der Waals surface area (Å²) in [7, 11) is 1.62. The van der Waals surface area contributed by atoms with Crippen molar-refractivity contribution in [2.75, 3.05) is 7.11 Å². The van der Waals surface area contributed by atoms with Crippen molar-refractivity contribution in [2.45, 2.75) is 0 Å². The molecule has 0 fully saturated rings. The van der Waals surface area contributed by atoms with Crippen LogP contribution in [0.2, 0.25) is 0 Å². The number of allylic oxidation sites excluding steroid dienone is 1. The molecule has 0 saturated carbocycles. The number of rotatable bonds is 3. The van der Waals surface area contributed by atoms with E-state index in [9.17, 15) is 4.79 Å². The van der Waals surface area contributed by atoms with Crippen molar-refractivity contribution in [3.05, 3.63) is 35.9 Å². The third-order valence-corrected chi connectivity index (χ3v) is 1.81. The Morgan fingerprint density at radius 2 is 2.00 bits per heavy atom. The van der Waals surface area contributed by atoms with Crippen LogP contribution in [-0.2, 0) is 4.79 Å². The Bertz CT molecular complexity index is 314. The van der Waals surface area contributed by atoms with Crippen molar-refractivity contribution in [3.63, 3.8) is 0 Å². The van der Waals surface area contributed by atoms with Gasteiger partial charge in [0.05, 0.1) is 0 Å². The molecule has 13 heavy (non-hydrogen) atoms. The summed E-state index contributed by atoms with van der Waals surface area (Å²) in [5, 5.41) is 0. The molecule has 0 amide bonds. The van der Waals surface area contributed by atoms with Crippen LogP contribution in [0.1, 0.15) is 5.56 Å². The zero-order valence-electron chi connectivity index (χ0n) is 7.19. The van der Waals surface area contributed by atoms with Gasteiger partial charge in [-0.2, -0.15) is 0 Å². The average molecular weight is 240 g/mol. The predicted octanol–water partition coefficient (Wildman–Crippen LogP) is 1.40. The number of carbonyl (C=O) groups excluding carboxylic acids is 1. The van der Waals surface area contributed by atoms with Gasteiger partial charge in [-0.15, -0.1) is 0 Å². The number of carbonyl (C=O) groups is 1. The molecular formula is C10H9O2Se. The average Bonchev–Trinajstić information content (AvgIpc) is 2.15. The number of benzene rings is 1. The first kappa shape index (κ1) is 10.0. The first-order valence-corrected chi connectivity index (χ1v) is 4.61. The molecule has 0 aliphatic rings. The summed E-state index contributed by atoms with van der Waals surface area (Å²) in [6.45, 7) is 0. The van der Waals surface area contributed by atoms with E-state index < -0.39 is 0 Å². The van der Waals surface area contributed by atoms with E-state index in [1.807, 2.05) is 24.3 Å². The van der Waals surface area contributed by atoms with E-state index in [0.29, 0.717) is 0 Å². The molecule has 0 aromatic heterocycles. The summed E-state index contributed by atoms with van der Waals surface area (Å²) < 4.78 is 4.92. The molecule has 0 heterocycles. The van der Waals surface area contributed by atoms with E-state index in [0.717, 1.165) is 11.3 Å². The zero-order chi connectivity index (χ0) is 9.68. The Morgan fingerprint density at radius 1 is 1.38 bits per heavy atom. The van der Waals surface area contributed by atoms with Crippen molar-refractivity contribution in [2.24, 2.45) is 0 Å². The molecule has 3 heteroatoms. The second-order valence-corrected chi connectivity index (χ2v) is 3.27. The van der Waals surface area contributed by atoms with E-state index in [2.05, 4.69) is 16.0 Å². The summed E-state index contributed by atoms with van der Waals surface area (Å²) in [4.78, 5) is 10.6. The van der Waals surface area contributed by atoms with E-state index in [1.165, 1.54) is 6.08 Å². The van der Waals surface area contributed by atoms with Gasteiger partial charge < -0.3 is 0 Å². The Balaban J connectivity index is 2.75. The molecular weight excluding hydrogens is 231 g/mol. The van der Waals surface area contributed by atoms with Crippen LogP contribution in [0.3, 0.4) is 0 Å². The fraction of sp³-hybridized carbons (Fsp3) is 0.100. The minimum absolute atomic E-state index is 0.0733. The van der Waals surface area contributed by atoms with Crippen molar-refractivity contribution in [1.82, 2.24) is 0 Å². The molecule has 67 valence electrons. The van der Waals surface area contributed by atoms with Gasteiger partial charge in [0.25, 0.3) is 0 Å². The van der Waals surface area contributed by atoms with E-state index >= 15 is 0 Å². The van der Waals surface area contributed by atoms with Crippen LogP contribution < -0.4 is 4.74 Å². The predicted molar refractivity (Wildman–Crippen MR) is 52.8 cm³/mol. The second kappa shape index (κ2) is 4.85. The van der Waals surface area contributed by atoms with Crippen LogP contribution in [0.4, 0.5) is 0 Å². The van der Waals surface area contributed by atoms with Crippen molar-refractivity contribution < 1.29 is 9.53 Å². The molecule has 0 aliphatic carbocycles. The summed E-state index contributed by atoms with van der Waals surface area (Å²) in [6, 6.07) is 7.48. The molecule has 0 spiro atoms. The summed E-state index contributed by atoms with van der Waals surface area (Å²) in [5.74, 6) is 0.812. The third kappa shape index (κ3) is 3.45. The Morgan fingerprint density at radius 3 is 2.46 bits per heavy atom. The zero-order valence-corrected chi connectivity index (χ0v) is 8.90. The van der Waals surface area contributed by atoms with Crippen molar-refractivity contribution in [3.8, 4) is 5.75 Å². The Hall–Kier alpha value is -1.05. The first-order chi connectivity index (χ1) is 6.22. The Labute approximate surface area is 85.4 Å². The van der Waals surface area contributed by atoms with Gasteiger partial charge in [0.1, 0.15) is 0 Å². The van der Waals surface area contributed by atoms with Crippen LogP contribution in [0.15, 0.2) is 30.3 Å². The van der Waals surface area contributed by atoms with Gasteiger partial charge in [0, 0.05) is 0 Å². The van der Waals surface area contributed by atoms with Gasteiger partial charge in [0.15, 0.2) is 0 Å². The Kier molecular flexibility index (Phi) is 3.74. The van der Waals surface area contributed by atoms with E-state index in [-0.39, 0.29) is 4.68 Å².